The smallest absolute Gasteiger partial charge is 0.381 e. The van der Waals surface area contributed by atoms with Crippen LogP contribution in [0.2, 0.25) is 0 Å². The molecule has 1 aromatic carbocycles. The van der Waals surface area contributed by atoms with E-state index in [1.165, 1.54) is 17.7 Å². The summed E-state index contributed by atoms with van der Waals surface area (Å²) in [6.45, 7) is 3.29. The zero-order valence-corrected chi connectivity index (χ0v) is 21.3. The zero-order chi connectivity index (χ0) is 22.8. The zero-order valence-electron chi connectivity index (χ0n) is 18.9. The molecular formula is C23H31F3IN5O. The first-order valence-corrected chi connectivity index (χ1v) is 11.0. The van der Waals surface area contributed by atoms with Gasteiger partial charge < -0.3 is 15.0 Å². The van der Waals surface area contributed by atoms with Gasteiger partial charge in [0.25, 0.3) is 0 Å². The van der Waals surface area contributed by atoms with E-state index < -0.39 is 17.2 Å². The van der Waals surface area contributed by atoms with Crippen molar-refractivity contribution in [2.45, 2.75) is 36.8 Å². The number of nitrogens with one attached hydrogen (secondary N) is 1. The summed E-state index contributed by atoms with van der Waals surface area (Å²) in [5.74, 6) is 1.18. The van der Waals surface area contributed by atoms with Crippen LogP contribution in [0.5, 0.6) is 0 Å². The SMILES string of the molecule is CN=C(NCC1(c2cccc(C(F)(F)F)c2)CCOCC1)N1CCC(c2cnn(C)c2)C1.I. The fourth-order valence-electron chi connectivity index (χ4n) is 4.81. The number of nitrogens with zero attached hydrogens (tertiary/aromatic N) is 4. The second-order valence-corrected chi connectivity index (χ2v) is 8.75. The van der Waals surface area contributed by atoms with Crippen LogP contribution in [-0.2, 0) is 23.4 Å². The third-order valence-electron chi connectivity index (χ3n) is 6.73. The molecule has 33 heavy (non-hydrogen) atoms. The molecule has 0 amide bonds. The molecule has 2 aliphatic heterocycles. The minimum absolute atomic E-state index is 0. The van der Waals surface area contributed by atoms with E-state index in [0.717, 1.165) is 31.5 Å². The van der Waals surface area contributed by atoms with Crippen LogP contribution in [0.4, 0.5) is 13.2 Å². The predicted molar refractivity (Wildman–Crippen MR) is 132 cm³/mol. The molecule has 1 atom stereocenters. The Morgan fingerprint density at radius 1 is 1.30 bits per heavy atom. The number of ether oxygens (including phenoxy) is 1. The van der Waals surface area contributed by atoms with Gasteiger partial charge in [0.15, 0.2) is 5.96 Å². The summed E-state index contributed by atoms with van der Waals surface area (Å²) in [4.78, 5) is 6.69. The highest BCUT2D eigenvalue weighted by Gasteiger charge is 2.38. The molecule has 1 N–H and O–H groups in total. The van der Waals surface area contributed by atoms with E-state index in [-0.39, 0.29) is 24.0 Å². The molecule has 182 valence electrons. The monoisotopic (exact) mass is 577 g/mol. The largest absolute Gasteiger partial charge is 0.416 e. The van der Waals surface area contributed by atoms with Gasteiger partial charge in [-0.25, -0.2) is 0 Å². The summed E-state index contributed by atoms with van der Waals surface area (Å²) < 4.78 is 47.4. The van der Waals surface area contributed by atoms with E-state index in [1.807, 2.05) is 17.9 Å². The van der Waals surface area contributed by atoms with Crippen molar-refractivity contribution in [1.29, 1.82) is 0 Å². The highest BCUT2D eigenvalue weighted by molar-refractivity contribution is 14.0. The van der Waals surface area contributed by atoms with Crippen molar-refractivity contribution in [3.8, 4) is 0 Å². The van der Waals surface area contributed by atoms with Crippen molar-refractivity contribution >= 4 is 29.9 Å². The van der Waals surface area contributed by atoms with Gasteiger partial charge in [0.1, 0.15) is 0 Å². The summed E-state index contributed by atoms with van der Waals surface area (Å²) in [7, 11) is 3.67. The highest BCUT2D eigenvalue weighted by atomic mass is 127. The Morgan fingerprint density at radius 2 is 2.06 bits per heavy atom. The topological polar surface area (TPSA) is 54.7 Å². The first-order valence-electron chi connectivity index (χ1n) is 11.0. The molecule has 2 saturated heterocycles. The van der Waals surface area contributed by atoms with Gasteiger partial charge in [0.2, 0.25) is 0 Å². The molecule has 3 heterocycles. The normalized spacial score (nSPS) is 21.1. The van der Waals surface area contributed by atoms with Gasteiger partial charge in [-0.05, 0) is 36.5 Å². The molecule has 4 rings (SSSR count). The van der Waals surface area contributed by atoms with Gasteiger partial charge in [0.05, 0.1) is 11.8 Å². The van der Waals surface area contributed by atoms with E-state index in [1.54, 1.807) is 13.1 Å². The Labute approximate surface area is 209 Å². The lowest BCUT2D eigenvalue weighted by Gasteiger charge is -2.39. The maximum Gasteiger partial charge on any atom is 0.416 e. The molecule has 2 fully saturated rings. The van der Waals surface area contributed by atoms with Crippen molar-refractivity contribution < 1.29 is 17.9 Å². The molecule has 6 nitrogen and oxygen atoms in total. The first kappa shape index (κ1) is 25.8. The number of aliphatic imine (C=N–C) groups is 1. The van der Waals surface area contributed by atoms with Crippen LogP contribution in [0.3, 0.4) is 0 Å². The molecule has 0 bridgehead atoms. The lowest BCUT2D eigenvalue weighted by atomic mass is 9.73. The summed E-state index contributed by atoms with van der Waals surface area (Å²) in [5.41, 5.74) is 0.880. The van der Waals surface area contributed by atoms with Crippen LogP contribution in [0.1, 0.15) is 41.9 Å². The Hall–Kier alpha value is -1.82. The summed E-state index contributed by atoms with van der Waals surface area (Å²) in [5, 5.41) is 7.75. The molecule has 2 aliphatic rings. The van der Waals surface area contributed by atoms with E-state index in [4.69, 9.17) is 4.74 Å². The molecule has 0 spiro atoms. The van der Waals surface area contributed by atoms with Crippen LogP contribution >= 0.6 is 24.0 Å². The van der Waals surface area contributed by atoms with E-state index in [9.17, 15) is 13.2 Å². The van der Waals surface area contributed by atoms with Crippen molar-refractivity contribution in [3.63, 3.8) is 0 Å². The second kappa shape index (κ2) is 10.6. The van der Waals surface area contributed by atoms with E-state index in [2.05, 4.69) is 26.5 Å². The van der Waals surface area contributed by atoms with Gasteiger partial charge in [-0.15, -0.1) is 24.0 Å². The van der Waals surface area contributed by atoms with Crippen molar-refractivity contribution in [2.75, 3.05) is 39.9 Å². The number of guanidine groups is 1. The van der Waals surface area contributed by atoms with Gasteiger partial charge in [-0.1, -0.05) is 18.2 Å². The van der Waals surface area contributed by atoms with Crippen LogP contribution in [0.15, 0.2) is 41.7 Å². The maximum absolute atomic E-state index is 13.3. The van der Waals surface area contributed by atoms with Gasteiger partial charge in [0, 0.05) is 64.5 Å². The maximum atomic E-state index is 13.3. The molecule has 0 saturated carbocycles. The Morgan fingerprint density at radius 3 is 2.70 bits per heavy atom. The van der Waals surface area contributed by atoms with E-state index in [0.29, 0.717) is 44.1 Å². The van der Waals surface area contributed by atoms with Gasteiger partial charge in [-0.3, -0.25) is 9.67 Å². The molecule has 0 aliphatic carbocycles. The van der Waals surface area contributed by atoms with Crippen LogP contribution in [0.25, 0.3) is 0 Å². The average Bonchev–Trinajstić information content (AvgIpc) is 3.44. The van der Waals surface area contributed by atoms with Crippen LogP contribution < -0.4 is 5.32 Å². The molecule has 1 unspecified atom stereocenters. The van der Waals surface area contributed by atoms with Gasteiger partial charge >= 0.3 is 6.18 Å². The molecular weight excluding hydrogens is 546 g/mol. The number of halogens is 4. The van der Waals surface area contributed by atoms with Crippen LogP contribution in [0, 0.1) is 0 Å². The summed E-state index contributed by atoms with van der Waals surface area (Å²) in [6, 6.07) is 5.73. The summed E-state index contributed by atoms with van der Waals surface area (Å²) in [6.07, 6.45) is 1.94. The first-order chi connectivity index (χ1) is 15.3. The van der Waals surface area contributed by atoms with Crippen molar-refractivity contribution in [3.05, 3.63) is 53.3 Å². The lowest BCUT2D eigenvalue weighted by molar-refractivity contribution is -0.137. The number of likely N-dealkylation sites (tertiary alicyclic amines) is 1. The second-order valence-electron chi connectivity index (χ2n) is 8.75. The quantitative estimate of drug-likeness (QED) is 0.337. The lowest BCUT2D eigenvalue weighted by Crippen LogP contribution is -2.49. The average molecular weight is 577 g/mol. The number of benzene rings is 1. The molecule has 1 aromatic heterocycles. The third-order valence-corrected chi connectivity index (χ3v) is 6.73. The number of aryl methyl sites for hydroxylation is 1. The highest BCUT2D eigenvalue weighted by Crippen LogP contribution is 2.38. The molecule has 2 aromatic rings. The minimum Gasteiger partial charge on any atom is -0.381 e. The number of hydrogen-bond donors (Lipinski definition) is 1. The third kappa shape index (κ3) is 5.82. The minimum atomic E-state index is -4.36. The summed E-state index contributed by atoms with van der Waals surface area (Å²) >= 11 is 0. The van der Waals surface area contributed by atoms with E-state index >= 15 is 0 Å². The van der Waals surface area contributed by atoms with Crippen molar-refractivity contribution in [1.82, 2.24) is 20.0 Å². The van der Waals surface area contributed by atoms with Gasteiger partial charge in [-0.2, -0.15) is 18.3 Å². The molecule has 10 heteroatoms. The fourth-order valence-corrected chi connectivity index (χ4v) is 4.81. The van der Waals surface area contributed by atoms with Crippen molar-refractivity contribution in [2.24, 2.45) is 12.0 Å². The standard InChI is InChI=1S/C23H30F3N5O.HI/c1-27-21(31-9-6-17(15-31)18-13-29-30(2)14-18)28-16-22(7-10-32-11-8-22)19-4-3-5-20(12-19)23(24,25)26;/h3-5,12-14,17H,6-11,15-16H2,1-2H3,(H,27,28);1H. The number of rotatable bonds is 4. The van der Waals surface area contributed by atoms with Crippen LogP contribution in [-0.4, -0.2) is 60.5 Å². The Bertz CT molecular complexity index is 956. The number of alkyl halides is 3. The number of aromatic nitrogens is 2. The Kier molecular flexibility index (Phi) is 8.31. The predicted octanol–water partition coefficient (Wildman–Crippen LogP) is 4.17. The number of hydrogen-bond acceptors (Lipinski definition) is 3. The fraction of sp³-hybridized carbons (Fsp3) is 0.565. The Balaban J connectivity index is 0.00000306. The molecule has 0 radical (unpaired) electrons.